The second-order valence-electron chi connectivity index (χ2n) is 13.1. The highest BCUT2D eigenvalue weighted by molar-refractivity contribution is 5.91. The summed E-state index contributed by atoms with van der Waals surface area (Å²) < 4.78 is 17.4. The van der Waals surface area contributed by atoms with Gasteiger partial charge in [-0.15, -0.1) is 0 Å². The quantitative estimate of drug-likeness (QED) is 0.0705. The van der Waals surface area contributed by atoms with E-state index in [1.807, 2.05) is 12.1 Å². The van der Waals surface area contributed by atoms with E-state index in [1.165, 1.54) is 109 Å². The van der Waals surface area contributed by atoms with Gasteiger partial charge in [-0.05, 0) is 73.6 Å². The van der Waals surface area contributed by atoms with Gasteiger partial charge in [0.1, 0.15) is 23.3 Å². The van der Waals surface area contributed by atoms with Gasteiger partial charge in [-0.1, -0.05) is 123 Å². The van der Waals surface area contributed by atoms with Crippen molar-refractivity contribution in [1.82, 2.24) is 0 Å². The van der Waals surface area contributed by atoms with Crippen LogP contribution in [0.3, 0.4) is 0 Å². The summed E-state index contributed by atoms with van der Waals surface area (Å²) in [7, 11) is 0. The molecule has 0 aliphatic heterocycles. The van der Waals surface area contributed by atoms with Crippen molar-refractivity contribution >= 4 is 5.97 Å². The van der Waals surface area contributed by atoms with E-state index in [4.69, 9.17) is 14.2 Å². The summed E-state index contributed by atoms with van der Waals surface area (Å²) in [5.41, 5.74) is 0.674. The number of unbranched alkanes of at least 4 members (excludes halogenated alkanes) is 11. The number of carbonyl (C=O) groups excluding carboxylic acids is 1. The molecule has 0 spiro atoms. The highest BCUT2D eigenvalue weighted by Crippen LogP contribution is 2.34. The molecule has 1 fully saturated rings. The van der Waals surface area contributed by atoms with Gasteiger partial charge in [0, 0.05) is 0 Å². The third-order valence-corrected chi connectivity index (χ3v) is 9.33. The zero-order chi connectivity index (χ0) is 32.0. The highest BCUT2D eigenvalue weighted by Gasteiger charge is 2.20. The standard InChI is InChI=1S/C40H59NO4/c1-3-5-7-8-9-10-11-12-13-15-29-44-39-28-23-35(31-36(39)32-41)40(42)45-38-26-24-37(25-27-38)43-30-16-18-34-21-19-33(20-22-34)17-14-6-4-2/h23-28,31,33-34H,3-22,29-30H2,1-2H3. The second-order valence-corrected chi connectivity index (χ2v) is 13.1. The van der Waals surface area contributed by atoms with Gasteiger partial charge in [0.05, 0.1) is 24.3 Å². The lowest BCUT2D eigenvalue weighted by atomic mass is 9.78. The van der Waals surface area contributed by atoms with Crippen molar-refractivity contribution in [3.63, 3.8) is 0 Å². The lowest BCUT2D eigenvalue weighted by Crippen LogP contribution is -2.15. The molecule has 0 atom stereocenters. The smallest absolute Gasteiger partial charge is 0.343 e. The van der Waals surface area contributed by atoms with E-state index in [1.54, 1.807) is 30.3 Å². The summed E-state index contributed by atoms with van der Waals surface area (Å²) in [4.78, 5) is 12.8. The number of hydrogen-bond donors (Lipinski definition) is 0. The molecule has 248 valence electrons. The Labute approximate surface area is 274 Å². The van der Waals surface area contributed by atoms with Crippen molar-refractivity contribution in [2.45, 2.75) is 142 Å². The van der Waals surface area contributed by atoms with E-state index in [2.05, 4.69) is 19.9 Å². The van der Waals surface area contributed by atoms with Crippen LogP contribution < -0.4 is 14.2 Å². The van der Waals surface area contributed by atoms with Crippen LogP contribution in [0, 0.1) is 23.2 Å². The van der Waals surface area contributed by atoms with E-state index in [9.17, 15) is 10.1 Å². The topological polar surface area (TPSA) is 68.6 Å². The van der Waals surface area contributed by atoms with Crippen molar-refractivity contribution in [3.8, 4) is 23.3 Å². The summed E-state index contributed by atoms with van der Waals surface area (Å²) >= 11 is 0. The van der Waals surface area contributed by atoms with Crippen molar-refractivity contribution in [2.24, 2.45) is 11.8 Å². The molecule has 0 bridgehead atoms. The fourth-order valence-corrected chi connectivity index (χ4v) is 6.47. The van der Waals surface area contributed by atoms with Crippen LogP contribution in [0.15, 0.2) is 42.5 Å². The summed E-state index contributed by atoms with van der Waals surface area (Å²) in [6.07, 6.45) is 26.0. The number of ether oxygens (including phenoxy) is 3. The molecule has 2 aromatic rings. The summed E-state index contributed by atoms with van der Waals surface area (Å²) in [5, 5.41) is 9.64. The molecule has 45 heavy (non-hydrogen) atoms. The van der Waals surface area contributed by atoms with Gasteiger partial charge in [0.2, 0.25) is 0 Å². The zero-order valence-corrected chi connectivity index (χ0v) is 28.3. The maximum Gasteiger partial charge on any atom is 0.343 e. The third-order valence-electron chi connectivity index (χ3n) is 9.33. The van der Waals surface area contributed by atoms with Gasteiger partial charge in [0.25, 0.3) is 0 Å². The molecule has 0 radical (unpaired) electrons. The summed E-state index contributed by atoms with van der Waals surface area (Å²) in [5.74, 6) is 3.06. The van der Waals surface area contributed by atoms with Gasteiger partial charge in [-0.2, -0.15) is 5.26 Å². The van der Waals surface area contributed by atoms with Crippen molar-refractivity contribution in [2.75, 3.05) is 13.2 Å². The van der Waals surface area contributed by atoms with Crippen LogP contribution in [0.25, 0.3) is 0 Å². The number of hydrogen-bond acceptors (Lipinski definition) is 5. The number of rotatable bonds is 23. The van der Waals surface area contributed by atoms with E-state index >= 15 is 0 Å². The number of nitriles is 1. The molecule has 5 heteroatoms. The van der Waals surface area contributed by atoms with E-state index in [-0.39, 0.29) is 0 Å². The van der Waals surface area contributed by atoms with Crippen molar-refractivity contribution < 1.29 is 19.0 Å². The first-order valence-electron chi connectivity index (χ1n) is 18.2. The predicted octanol–water partition coefficient (Wildman–Crippen LogP) is 11.6. The fourth-order valence-electron chi connectivity index (χ4n) is 6.47. The minimum Gasteiger partial charge on any atom is -0.494 e. The van der Waals surface area contributed by atoms with E-state index in [0.717, 1.165) is 36.8 Å². The number of benzene rings is 2. The first kappa shape index (κ1) is 36.5. The Bertz CT molecular complexity index is 1110. The molecule has 1 saturated carbocycles. The molecule has 0 N–H and O–H groups in total. The van der Waals surface area contributed by atoms with Crippen molar-refractivity contribution in [3.05, 3.63) is 53.6 Å². The van der Waals surface area contributed by atoms with Crippen LogP contribution in [0.2, 0.25) is 0 Å². The molecule has 0 saturated heterocycles. The molecule has 1 aliphatic rings. The lowest BCUT2D eigenvalue weighted by molar-refractivity contribution is 0.0734. The molecule has 2 aromatic carbocycles. The maximum atomic E-state index is 12.8. The minimum absolute atomic E-state index is 0.327. The summed E-state index contributed by atoms with van der Waals surface area (Å²) in [6, 6.07) is 14.3. The first-order valence-corrected chi connectivity index (χ1v) is 18.2. The molecule has 0 amide bonds. The average molecular weight is 618 g/mol. The molecule has 0 unspecified atom stereocenters. The van der Waals surface area contributed by atoms with Crippen LogP contribution in [0.5, 0.6) is 17.2 Å². The number of carbonyl (C=O) groups is 1. The van der Waals surface area contributed by atoms with Crippen LogP contribution in [-0.2, 0) is 0 Å². The van der Waals surface area contributed by atoms with Gasteiger partial charge in [-0.25, -0.2) is 4.79 Å². The van der Waals surface area contributed by atoms with Crippen molar-refractivity contribution in [1.29, 1.82) is 5.26 Å². The molecule has 3 rings (SSSR count). The second kappa shape index (κ2) is 22.5. The highest BCUT2D eigenvalue weighted by atomic mass is 16.5. The van der Waals surface area contributed by atoms with Crippen LogP contribution in [0.1, 0.15) is 158 Å². The average Bonchev–Trinajstić information content (AvgIpc) is 3.07. The number of esters is 1. The third kappa shape index (κ3) is 14.8. The Morgan fingerprint density at radius 2 is 1.20 bits per heavy atom. The Kier molecular flexibility index (Phi) is 18.2. The van der Waals surface area contributed by atoms with Gasteiger partial charge in [0.15, 0.2) is 0 Å². The molecule has 0 heterocycles. The molecule has 1 aliphatic carbocycles. The Morgan fingerprint density at radius 1 is 0.667 bits per heavy atom. The molecule has 5 nitrogen and oxygen atoms in total. The van der Waals surface area contributed by atoms with Gasteiger partial charge < -0.3 is 14.2 Å². The monoisotopic (exact) mass is 617 g/mol. The van der Waals surface area contributed by atoms with Crippen LogP contribution in [-0.4, -0.2) is 19.2 Å². The normalized spacial score (nSPS) is 16.2. The van der Waals surface area contributed by atoms with Crippen LogP contribution >= 0.6 is 0 Å². The Hall–Kier alpha value is -3.00. The first-order chi connectivity index (χ1) is 22.1. The van der Waals surface area contributed by atoms with E-state index in [0.29, 0.717) is 35.8 Å². The Balaban J connectivity index is 1.30. The SMILES string of the molecule is CCCCCCCCCCCCOc1ccc(C(=O)Oc2ccc(OCCCC3CCC(CCCCC)CC3)cc2)cc1C#N. The Morgan fingerprint density at radius 3 is 1.82 bits per heavy atom. The van der Waals surface area contributed by atoms with Gasteiger partial charge in [-0.3, -0.25) is 0 Å². The van der Waals surface area contributed by atoms with Gasteiger partial charge >= 0.3 is 5.97 Å². The predicted molar refractivity (Wildman–Crippen MR) is 184 cm³/mol. The zero-order valence-electron chi connectivity index (χ0n) is 28.3. The van der Waals surface area contributed by atoms with Crippen LogP contribution in [0.4, 0.5) is 0 Å². The van der Waals surface area contributed by atoms with E-state index < -0.39 is 5.97 Å². The molecular weight excluding hydrogens is 558 g/mol. The summed E-state index contributed by atoms with van der Waals surface area (Å²) in [6.45, 7) is 5.82. The lowest BCUT2D eigenvalue weighted by Gasteiger charge is -2.28. The minimum atomic E-state index is -0.499. The largest absolute Gasteiger partial charge is 0.494 e. The molecule has 0 aromatic heterocycles. The maximum absolute atomic E-state index is 12.8. The fraction of sp³-hybridized carbons (Fsp3) is 0.650. The number of nitrogens with zero attached hydrogens (tertiary/aromatic N) is 1. The molecular formula is C40H59NO4.